The Labute approximate surface area is 121 Å². The van der Waals surface area contributed by atoms with Crippen LogP contribution in [0.4, 0.5) is 0 Å². The average Bonchev–Trinajstić information content (AvgIpc) is 2.99. The Morgan fingerprint density at radius 2 is 2.05 bits per heavy atom. The lowest BCUT2D eigenvalue weighted by molar-refractivity contribution is 0.0691. The number of aromatic carboxylic acids is 1. The summed E-state index contributed by atoms with van der Waals surface area (Å²) in [7, 11) is 1.57. The summed E-state index contributed by atoms with van der Waals surface area (Å²) >= 11 is 0. The molecule has 0 atom stereocenters. The van der Waals surface area contributed by atoms with E-state index in [1.54, 1.807) is 11.7 Å². The zero-order chi connectivity index (χ0) is 15.6. The van der Waals surface area contributed by atoms with Crippen LogP contribution in [-0.4, -0.2) is 36.5 Å². The van der Waals surface area contributed by atoms with E-state index in [0.29, 0.717) is 0 Å². The molecule has 0 aromatic carbocycles. The van der Waals surface area contributed by atoms with Gasteiger partial charge in [-0.3, -0.25) is 14.2 Å². The number of carbonyl (C=O) groups excluding carboxylic acids is 1. The maximum atomic E-state index is 12.1. The molecule has 2 rings (SSSR count). The third-order valence-electron chi connectivity index (χ3n) is 3.09. The molecule has 2 N–H and O–H groups in total. The van der Waals surface area contributed by atoms with E-state index in [1.807, 2.05) is 20.0 Å². The number of aryl methyl sites for hydroxylation is 3. The molecule has 112 valence electrons. The molecule has 0 bridgehead atoms. The highest BCUT2D eigenvalue weighted by Gasteiger charge is 2.21. The smallest absolute Gasteiger partial charge is 0.339 e. The zero-order valence-electron chi connectivity index (χ0n) is 12.1. The Bertz CT molecular complexity index is 686. The molecule has 2 aromatic rings. The minimum absolute atomic E-state index is 0.0921. The van der Waals surface area contributed by atoms with Crippen molar-refractivity contribution in [1.82, 2.24) is 24.9 Å². The average molecular weight is 291 g/mol. The number of aromatic nitrogens is 4. The standard InChI is InChI=1S/C13H17N5O3/c1-4-18-6-9(8(2)15-18)5-14-12(19)11-10(13(20)21)7-17(3)16-11/h6-7H,4-5H2,1-3H3,(H,14,19)(H,20,21). The van der Waals surface area contributed by atoms with Gasteiger partial charge in [-0.2, -0.15) is 10.2 Å². The van der Waals surface area contributed by atoms with Crippen LogP contribution in [0.25, 0.3) is 0 Å². The van der Waals surface area contributed by atoms with E-state index < -0.39 is 11.9 Å². The second kappa shape index (κ2) is 5.78. The fourth-order valence-corrected chi connectivity index (χ4v) is 1.97. The lowest BCUT2D eigenvalue weighted by Gasteiger charge is -2.02. The second-order valence-electron chi connectivity index (χ2n) is 4.65. The molecule has 0 saturated heterocycles. The van der Waals surface area contributed by atoms with Gasteiger partial charge in [0.2, 0.25) is 0 Å². The lowest BCUT2D eigenvalue weighted by atomic mass is 10.2. The zero-order valence-corrected chi connectivity index (χ0v) is 12.1. The maximum Gasteiger partial charge on any atom is 0.339 e. The highest BCUT2D eigenvalue weighted by atomic mass is 16.4. The number of carboxylic acid groups (broad SMARTS) is 1. The van der Waals surface area contributed by atoms with E-state index >= 15 is 0 Å². The van der Waals surface area contributed by atoms with Crippen LogP contribution in [0.5, 0.6) is 0 Å². The second-order valence-corrected chi connectivity index (χ2v) is 4.65. The largest absolute Gasteiger partial charge is 0.478 e. The summed E-state index contributed by atoms with van der Waals surface area (Å²) in [5.74, 6) is -1.69. The maximum absolute atomic E-state index is 12.1. The summed E-state index contributed by atoms with van der Waals surface area (Å²) < 4.78 is 3.08. The first kappa shape index (κ1) is 14.8. The number of rotatable bonds is 5. The Morgan fingerprint density at radius 3 is 2.62 bits per heavy atom. The van der Waals surface area contributed by atoms with Crippen LogP contribution in [-0.2, 0) is 20.1 Å². The lowest BCUT2D eigenvalue weighted by Crippen LogP contribution is -2.25. The molecule has 0 saturated carbocycles. The fourth-order valence-electron chi connectivity index (χ4n) is 1.97. The molecular formula is C13H17N5O3. The van der Waals surface area contributed by atoms with Gasteiger partial charge < -0.3 is 10.4 Å². The third kappa shape index (κ3) is 3.10. The van der Waals surface area contributed by atoms with Gasteiger partial charge in [-0.25, -0.2) is 4.79 Å². The number of carboxylic acids is 1. The van der Waals surface area contributed by atoms with Crippen LogP contribution in [0, 0.1) is 6.92 Å². The molecule has 2 aromatic heterocycles. The van der Waals surface area contributed by atoms with Gasteiger partial charge in [-0.05, 0) is 13.8 Å². The van der Waals surface area contributed by atoms with E-state index in [2.05, 4.69) is 15.5 Å². The Kier molecular flexibility index (Phi) is 4.06. The minimum Gasteiger partial charge on any atom is -0.478 e. The fraction of sp³-hybridized carbons (Fsp3) is 0.385. The summed E-state index contributed by atoms with van der Waals surface area (Å²) in [6, 6.07) is 0. The molecule has 0 radical (unpaired) electrons. The molecule has 0 fully saturated rings. The summed E-state index contributed by atoms with van der Waals surface area (Å²) in [4.78, 5) is 23.1. The molecule has 0 spiro atoms. The Morgan fingerprint density at radius 1 is 1.33 bits per heavy atom. The summed E-state index contributed by atoms with van der Waals surface area (Å²) in [6.07, 6.45) is 3.16. The molecule has 8 nitrogen and oxygen atoms in total. The van der Waals surface area contributed by atoms with Gasteiger partial charge in [-0.1, -0.05) is 0 Å². The van der Waals surface area contributed by atoms with Gasteiger partial charge in [0, 0.05) is 38.1 Å². The highest BCUT2D eigenvalue weighted by Crippen LogP contribution is 2.08. The number of hydrogen-bond acceptors (Lipinski definition) is 4. The SMILES string of the molecule is CCn1cc(CNC(=O)c2nn(C)cc2C(=O)O)c(C)n1. The number of amides is 1. The quantitative estimate of drug-likeness (QED) is 0.838. The molecule has 21 heavy (non-hydrogen) atoms. The predicted molar refractivity (Wildman–Crippen MR) is 74.0 cm³/mol. The molecular weight excluding hydrogens is 274 g/mol. The molecule has 0 unspecified atom stereocenters. The topological polar surface area (TPSA) is 102 Å². The predicted octanol–water partition coefficient (Wildman–Crippen LogP) is 0.573. The summed E-state index contributed by atoms with van der Waals surface area (Å²) in [6.45, 7) is 4.86. The first-order chi connectivity index (χ1) is 9.92. The van der Waals surface area contributed by atoms with Crippen LogP contribution in [0.1, 0.15) is 39.0 Å². The molecule has 8 heteroatoms. The van der Waals surface area contributed by atoms with E-state index in [4.69, 9.17) is 5.11 Å². The molecule has 0 aliphatic heterocycles. The minimum atomic E-state index is -1.18. The Balaban J connectivity index is 2.11. The molecule has 1 amide bonds. The van der Waals surface area contributed by atoms with Crippen molar-refractivity contribution in [2.75, 3.05) is 0 Å². The first-order valence-electron chi connectivity index (χ1n) is 6.50. The van der Waals surface area contributed by atoms with Crippen LogP contribution in [0.2, 0.25) is 0 Å². The molecule has 2 heterocycles. The summed E-state index contributed by atoms with van der Waals surface area (Å²) in [5.41, 5.74) is 1.51. The summed E-state index contributed by atoms with van der Waals surface area (Å²) in [5, 5.41) is 19.9. The monoisotopic (exact) mass is 291 g/mol. The Hall–Kier alpha value is -2.64. The van der Waals surface area contributed by atoms with E-state index in [-0.39, 0.29) is 17.8 Å². The van der Waals surface area contributed by atoms with Crippen molar-refractivity contribution < 1.29 is 14.7 Å². The van der Waals surface area contributed by atoms with Gasteiger partial charge in [0.1, 0.15) is 5.56 Å². The number of nitrogens with one attached hydrogen (secondary N) is 1. The van der Waals surface area contributed by atoms with Crippen molar-refractivity contribution in [1.29, 1.82) is 0 Å². The molecule has 0 aliphatic carbocycles. The number of hydrogen-bond donors (Lipinski definition) is 2. The van der Waals surface area contributed by atoms with Crippen molar-refractivity contribution in [3.05, 3.63) is 34.9 Å². The normalized spacial score (nSPS) is 10.6. The third-order valence-corrected chi connectivity index (χ3v) is 3.09. The number of carbonyl (C=O) groups is 2. The van der Waals surface area contributed by atoms with Gasteiger partial charge in [-0.15, -0.1) is 0 Å². The molecule has 0 aliphatic rings. The van der Waals surface area contributed by atoms with Crippen LogP contribution in [0.15, 0.2) is 12.4 Å². The van der Waals surface area contributed by atoms with Gasteiger partial charge in [0.25, 0.3) is 5.91 Å². The van der Waals surface area contributed by atoms with Gasteiger partial charge in [0.05, 0.1) is 5.69 Å². The van der Waals surface area contributed by atoms with Crippen LogP contribution >= 0.6 is 0 Å². The van der Waals surface area contributed by atoms with Crippen molar-refractivity contribution in [3.63, 3.8) is 0 Å². The van der Waals surface area contributed by atoms with E-state index in [0.717, 1.165) is 17.8 Å². The van der Waals surface area contributed by atoms with E-state index in [9.17, 15) is 9.59 Å². The highest BCUT2D eigenvalue weighted by molar-refractivity contribution is 6.03. The van der Waals surface area contributed by atoms with Gasteiger partial charge >= 0.3 is 5.97 Å². The van der Waals surface area contributed by atoms with Crippen molar-refractivity contribution in [2.45, 2.75) is 26.9 Å². The van der Waals surface area contributed by atoms with Crippen molar-refractivity contribution >= 4 is 11.9 Å². The van der Waals surface area contributed by atoms with Crippen molar-refractivity contribution in [3.8, 4) is 0 Å². The van der Waals surface area contributed by atoms with Crippen molar-refractivity contribution in [2.24, 2.45) is 7.05 Å². The van der Waals surface area contributed by atoms with Crippen LogP contribution in [0.3, 0.4) is 0 Å². The van der Waals surface area contributed by atoms with Crippen LogP contribution < -0.4 is 5.32 Å². The number of nitrogens with zero attached hydrogens (tertiary/aromatic N) is 4. The van der Waals surface area contributed by atoms with Gasteiger partial charge in [0.15, 0.2) is 5.69 Å². The van der Waals surface area contributed by atoms with E-state index in [1.165, 1.54) is 10.9 Å². The first-order valence-corrected chi connectivity index (χ1v) is 6.50.